The van der Waals surface area contributed by atoms with Crippen molar-refractivity contribution in [3.05, 3.63) is 29.6 Å². The predicted molar refractivity (Wildman–Crippen MR) is 78.5 cm³/mol. The number of hydrogen-bond acceptors (Lipinski definition) is 1. The van der Waals surface area contributed by atoms with Crippen LogP contribution in [0.4, 0.5) is 13.2 Å². The molecule has 0 aliphatic carbocycles. The van der Waals surface area contributed by atoms with Crippen LogP contribution in [0.15, 0.2) is 18.2 Å². The van der Waals surface area contributed by atoms with E-state index in [9.17, 15) is 13.2 Å². The van der Waals surface area contributed by atoms with Crippen molar-refractivity contribution in [2.24, 2.45) is 0 Å². The van der Waals surface area contributed by atoms with Crippen LogP contribution in [0.1, 0.15) is 49.9 Å². The fraction of sp³-hybridized carbons (Fsp3) is 0.533. The Morgan fingerprint density at radius 3 is 2.57 bits per heavy atom. The lowest BCUT2D eigenvalue weighted by Gasteiger charge is -2.10. The van der Waals surface area contributed by atoms with Crippen molar-refractivity contribution in [3.8, 4) is 0 Å². The smallest absolute Gasteiger partial charge is 0.327 e. The van der Waals surface area contributed by atoms with Gasteiger partial charge in [-0.3, -0.25) is 0 Å². The van der Waals surface area contributed by atoms with Crippen LogP contribution < -0.4 is 0 Å². The van der Waals surface area contributed by atoms with Gasteiger partial charge in [0.25, 0.3) is 0 Å². The van der Waals surface area contributed by atoms with Gasteiger partial charge >= 0.3 is 6.18 Å². The second kappa shape index (κ2) is 6.26. The van der Waals surface area contributed by atoms with E-state index in [4.69, 9.17) is 11.6 Å². The number of aromatic nitrogens is 2. The lowest BCUT2D eigenvalue weighted by Crippen LogP contribution is -2.05. The van der Waals surface area contributed by atoms with Crippen molar-refractivity contribution in [2.75, 3.05) is 0 Å². The molecular weight excluding hydrogens is 301 g/mol. The van der Waals surface area contributed by atoms with Crippen LogP contribution >= 0.6 is 11.6 Å². The maximum absolute atomic E-state index is 12.8. The largest absolute Gasteiger partial charge is 0.416 e. The van der Waals surface area contributed by atoms with Crippen molar-refractivity contribution in [3.63, 3.8) is 0 Å². The van der Waals surface area contributed by atoms with Crippen molar-refractivity contribution in [1.82, 2.24) is 9.55 Å². The van der Waals surface area contributed by atoms with Crippen LogP contribution in [0.3, 0.4) is 0 Å². The van der Waals surface area contributed by atoms with Crippen molar-refractivity contribution in [2.45, 2.75) is 51.2 Å². The van der Waals surface area contributed by atoms with Crippen LogP contribution in [0.25, 0.3) is 11.0 Å². The number of imidazole rings is 1. The molecule has 2 rings (SSSR count). The minimum atomic E-state index is -4.35. The number of alkyl halides is 4. The van der Waals surface area contributed by atoms with Gasteiger partial charge < -0.3 is 4.57 Å². The van der Waals surface area contributed by atoms with Crippen LogP contribution in [0, 0.1) is 0 Å². The molecule has 0 amide bonds. The van der Waals surface area contributed by atoms with Gasteiger partial charge in [-0.05, 0) is 31.5 Å². The highest BCUT2D eigenvalue weighted by molar-refractivity contribution is 6.20. The molecule has 21 heavy (non-hydrogen) atoms. The molecule has 0 radical (unpaired) electrons. The third-order valence-corrected chi connectivity index (χ3v) is 3.64. The molecule has 0 N–H and O–H groups in total. The number of nitrogens with zero attached hydrogens (tertiary/aromatic N) is 2. The monoisotopic (exact) mass is 318 g/mol. The van der Waals surface area contributed by atoms with E-state index < -0.39 is 11.7 Å². The summed E-state index contributed by atoms with van der Waals surface area (Å²) in [6.45, 7) is 4.61. The lowest BCUT2D eigenvalue weighted by atomic mass is 10.2. The second-order valence-corrected chi connectivity index (χ2v) is 5.80. The molecule has 2 nitrogen and oxygen atoms in total. The average molecular weight is 319 g/mol. The summed E-state index contributed by atoms with van der Waals surface area (Å²) in [6.07, 6.45) is -1.25. The minimum Gasteiger partial charge on any atom is -0.327 e. The molecule has 0 aliphatic heterocycles. The van der Waals surface area contributed by atoms with E-state index in [0.29, 0.717) is 16.9 Å². The Morgan fingerprint density at radius 1 is 1.29 bits per heavy atom. The van der Waals surface area contributed by atoms with E-state index >= 15 is 0 Å². The Bertz CT molecular complexity index is 617. The highest BCUT2D eigenvalue weighted by Gasteiger charge is 2.31. The van der Waals surface area contributed by atoms with Gasteiger partial charge in [-0.15, -0.1) is 11.6 Å². The molecule has 0 fully saturated rings. The average Bonchev–Trinajstić information content (AvgIpc) is 2.76. The highest BCUT2D eigenvalue weighted by Crippen LogP contribution is 2.33. The fourth-order valence-electron chi connectivity index (χ4n) is 2.38. The first kappa shape index (κ1) is 16.1. The number of aryl methyl sites for hydroxylation is 1. The molecule has 0 saturated carbocycles. The van der Waals surface area contributed by atoms with Gasteiger partial charge in [0.2, 0.25) is 0 Å². The summed E-state index contributed by atoms with van der Waals surface area (Å²) in [5.74, 6) is 0.627. The predicted octanol–water partition coefficient (Wildman–Crippen LogP) is 5.55. The first-order chi connectivity index (χ1) is 9.84. The van der Waals surface area contributed by atoms with E-state index in [0.717, 1.165) is 37.9 Å². The molecule has 0 aliphatic rings. The normalized spacial score (nSPS) is 13.8. The Kier molecular flexibility index (Phi) is 4.81. The fourth-order valence-corrected chi connectivity index (χ4v) is 2.55. The van der Waals surface area contributed by atoms with Gasteiger partial charge in [-0.2, -0.15) is 13.2 Å². The van der Waals surface area contributed by atoms with Crippen molar-refractivity contribution < 1.29 is 13.2 Å². The standard InChI is InChI=1S/C15H18ClF3N2/c1-3-4-5-8-21-13-7-6-11(15(17,18)19)9-12(13)20-14(21)10(2)16/h6-7,9-10H,3-5,8H2,1-2H3. The maximum Gasteiger partial charge on any atom is 0.416 e. The number of halogens is 4. The SMILES string of the molecule is CCCCCn1c(C(C)Cl)nc2cc(C(F)(F)F)ccc21. The Labute approximate surface area is 126 Å². The summed E-state index contributed by atoms with van der Waals surface area (Å²) < 4.78 is 40.2. The first-order valence-electron chi connectivity index (χ1n) is 7.06. The highest BCUT2D eigenvalue weighted by atomic mass is 35.5. The number of unbranched alkanes of at least 4 members (excludes halogenated alkanes) is 2. The summed E-state index contributed by atoms with van der Waals surface area (Å²) in [5, 5.41) is -0.339. The quantitative estimate of drug-likeness (QED) is 0.522. The molecule has 1 aromatic heterocycles. The summed E-state index contributed by atoms with van der Waals surface area (Å²) in [4.78, 5) is 4.30. The first-order valence-corrected chi connectivity index (χ1v) is 7.49. The molecule has 2 aromatic rings. The van der Waals surface area contributed by atoms with Gasteiger partial charge in [0.05, 0.1) is 22.0 Å². The molecule has 1 heterocycles. The summed E-state index contributed by atoms with van der Waals surface area (Å²) >= 11 is 6.12. The zero-order chi connectivity index (χ0) is 15.6. The third kappa shape index (κ3) is 3.51. The van der Waals surface area contributed by atoms with Gasteiger partial charge in [-0.1, -0.05) is 19.8 Å². The Balaban J connectivity index is 2.47. The summed E-state index contributed by atoms with van der Waals surface area (Å²) in [5.41, 5.74) is 0.382. The molecule has 0 spiro atoms. The number of rotatable bonds is 5. The molecule has 1 aromatic carbocycles. The third-order valence-electron chi connectivity index (χ3n) is 3.45. The van der Waals surface area contributed by atoms with E-state index in [-0.39, 0.29) is 5.38 Å². The Morgan fingerprint density at radius 2 is 2.00 bits per heavy atom. The van der Waals surface area contributed by atoms with E-state index in [1.54, 1.807) is 6.92 Å². The zero-order valence-corrected chi connectivity index (χ0v) is 12.8. The second-order valence-electron chi connectivity index (χ2n) is 5.15. The summed E-state index contributed by atoms with van der Waals surface area (Å²) in [6, 6.07) is 3.68. The summed E-state index contributed by atoms with van der Waals surface area (Å²) in [7, 11) is 0. The van der Waals surface area contributed by atoms with Gasteiger partial charge in [0, 0.05) is 6.54 Å². The Hall–Kier alpha value is -1.23. The van der Waals surface area contributed by atoms with Crippen molar-refractivity contribution >= 4 is 22.6 Å². The van der Waals surface area contributed by atoms with Gasteiger partial charge in [0.15, 0.2) is 0 Å². The van der Waals surface area contributed by atoms with Crippen LogP contribution in [-0.4, -0.2) is 9.55 Å². The van der Waals surface area contributed by atoms with Gasteiger partial charge in [-0.25, -0.2) is 4.98 Å². The van der Waals surface area contributed by atoms with Crippen molar-refractivity contribution in [1.29, 1.82) is 0 Å². The minimum absolute atomic E-state index is 0.339. The maximum atomic E-state index is 12.8. The molecule has 1 atom stereocenters. The molecule has 1 unspecified atom stereocenters. The molecule has 0 saturated heterocycles. The van der Waals surface area contributed by atoms with E-state index in [1.807, 2.05) is 4.57 Å². The lowest BCUT2D eigenvalue weighted by molar-refractivity contribution is -0.137. The van der Waals surface area contributed by atoms with E-state index in [2.05, 4.69) is 11.9 Å². The molecule has 6 heteroatoms. The molecule has 116 valence electrons. The van der Waals surface area contributed by atoms with Crippen LogP contribution in [0.5, 0.6) is 0 Å². The number of benzene rings is 1. The van der Waals surface area contributed by atoms with Gasteiger partial charge in [0.1, 0.15) is 5.82 Å². The number of fused-ring (bicyclic) bond motifs is 1. The van der Waals surface area contributed by atoms with E-state index in [1.165, 1.54) is 6.07 Å². The van der Waals surface area contributed by atoms with Crippen LogP contribution in [-0.2, 0) is 12.7 Å². The molecular formula is C15H18ClF3N2. The van der Waals surface area contributed by atoms with Crippen LogP contribution in [0.2, 0.25) is 0 Å². The molecule has 0 bridgehead atoms. The zero-order valence-electron chi connectivity index (χ0n) is 12.0. The topological polar surface area (TPSA) is 17.8 Å². The number of hydrogen-bond donors (Lipinski definition) is 0.